The lowest BCUT2D eigenvalue weighted by Crippen LogP contribution is -2.48. The summed E-state index contributed by atoms with van der Waals surface area (Å²) in [6, 6.07) is 22.9. The predicted molar refractivity (Wildman–Crippen MR) is 131 cm³/mol. The first-order valence-corrected chi connectivity index (χ1v) is 11.6. The number of rotatable bonds is 4. The Kier molecular flexibility index (Phi) is 5.69. The Balaban J connectivity index is 1.39. The van der Waals surface area contributed by atoms with E-state index in [4.69, 9.17) is 17.3 Å². The molecule has 3 aromatic rings. The number of para-hydroxylation sites is 1. The number of benzene rings is 3. The first-order chi connectivity index (χ1) is 15.9. The van der Waals surface area contributed by atoms with Crippen LogP contribution < -0.4 is 10.6 Å². The van der Waals surface area contributed by atoms with Gasteiger partial charge >= 0.3 is 0 Å². The number of hydrogen-bond donors (Lipinski definition) is 1. The van der Waals surface area contributed by atoms with Crippen LogP contribution in [0, 0.1) is 5.41 Å². The number of fused-ring (bicyclic) bond motifs is 1. The Morgan fingerprint density at radius 2 is 1.73 bits per heavy atom. The lowest BCUT2D eigenvalue weighted by molar-refractivity contribution is 0.0964. The van der Waals surface area contributed by atoms with Gasteiger partial charge in [-0.05, 0) is 73.0 Å². The Hall–Kier alpha value is -3.15. The van der Waals surface area contributed by atoms with Crippen molar-refractivity contribution in [1.82, 2.24) is 4.90 Å². The number of carbonyl (C=O) groups excluding carboxylic acids is 2. The summed E-state index contributed by atoms with van der Waals surface area (Å²) < 4.78 is 0. The SMILES string of the molecule is NC(=O)c1cccc(CN2CCC3(Cc4ccccc4N(C(=O)c4ccc(Cl)cc4)C3)C2)c1. The molecule has 2 heterocycles. The van der Waals surface area contributed by atoms with Gasteiger partial charge in [0.05, 0.1) is 0 Å². The molecule has 1 unspecified atom stereocenters. The van der Waals surface area contributed by atoms with E-state index in [2.05, 4.69) is 11.0 Å². The molecule has 3 aromatic carbocycles. The minimum Gasteiger partial charge on any atom is -0.366 e. The molecule has 0 bridgehead atoms. The summed E-state index contributed by atoms with van der Waals surface area (Å²) in [5.74, 6) is -0.402. The monoisotopic (exact) mass is 459 g/mol. The van der Waals surface area contributed by atoms with E-state index < -0.39 is 5.91 Å². The number of halogens is 1. The van der Waals surface area contributed by atoms with Crippen molar-refractivity contribution in [3.63, 3.8) is 0 Å². The van der Waals surface area contributed by atoms with Crippen LogP contribution in [0.1, 0.15) is 38.3 Å². The number of primary amides is 1. The van der Waals surface area contributed by atoms with Crippen molar-refractivity contribution >= 4 is 29.1 Å². The van der Waals surface area contributed by atoms with Crippen LogP contribution in [0.2, 0.25) is 5.02 Å². The highest BCUT2D eigenvalue weighted by molar-refractivity contribution is 6.30. The number of amides is 2. The molecule has 0 radical (unpaired) electrons. The summed E-state index contributed by atoms with van der Waals surface area (Å²) in [5, 5.41) is 0.619. The molecule has 6 heteroatoms. The van der Waals surface area contributed by atoms with E-state index in [1.165, 1.54) is 5.56 Å². The molecule has 0 saturated carbocycles. The van der Waals surface area contributed by atoms with Crippen molar-refractivity contribution in [1.29, 1.82) is 0 Å². The molecule has 1 fully saturated rings. The molecule has 5 rings (SSSR count). The lowest BCUT2D eigenvalue weighted by Gasteiger charge is -2.41. The molecular formula is C27H26ClN3O2. The van der Waals surface area contributed by atoms with E-state index in [-0.39, 0.29) is 11.3 Å². The van der Waals surface area contributed by atoms with E-state index >= 15 is 0 Å². The van der Waals surface area contributed by atoms with Gasteiger partial charge in [0.15, 0.2) is 0 Å². The van der Waals surface area contributed by atoms with Crippen molar-refractivity contribution in [2.24, 2.45) is 11.1 Å². The highest BCUT2D eigenvalue weighted by Gasteiger charge is 2.44. The van der Waals surface area contributed by atoms with Gasteiger partial charge in [-0.3, -0.25) is 14.5 Å². The number of carbonyl (C=O) groups is 2. The molecule has 2 amide bonds. The maximum Gasteiger partial charge on any atom is 0.258 e. The fraction of sp³-hybridized carbons (Fsp3) is 0.259. The second kappa shape index (κ2) is 8.65. The highest BCUT2D eigenvalue weighted by Crippen LogP contribution is 2.43. The Bertz CT molecular complexity index is 1210. The number of hydrogen-bond acceptors (Lipinski definition) is 3. The van der Waals surface area contributed by atoms with E-state index in [1.807, 2.05) is 41.3 Å². The van der Waals surface area contributed by atoms with Crippen LogP contribution >= 0.6 is 11.6 Å². The van der Waals surface area contributed by atoms with Gasteiger partial charge in [-0.25, -0.2) is 0 Å². The number of nitrogens with two attached hydrogens (primary N) is 1. The van der Waals surface area contributed by atoms with Crippen LogP contribution in [0.5, 0.6) is 0 Å². The maximum atomic E-state index is 13.5. The van der Waals surface area contributed by atoms with Gasteiger partial charge in [0.25, 0.3) is 5.91 Å². The summed E-state index contributed by atoms with van der Waals surface area (Å²) in [6.45, 7) is 3.29. The first-order valence-electron chi connectivity index (χ1n) is 11.2. The Morgan fingerprint density at radius 1 is 0.939 bits per heavy atom. The molecule has 1 atom stereocenters. The summed E-state index contributed by atoms with van der Waals surface area (Å²) in [6.07, 6.45) is 1.96. The largest absolute Gasteiger partial charge is 0.366 e. The van der Waals surface area contributed by atoms with Crippen LogP contribution in [-0.4, -0.2) is 36.3 Å². The molecule has 1 spiro atoms. The molecule has 2 aliphatic heterocycles. The molecule has 1 saturated heterocycles. The summed E-state index contributed by atoms with van der Waals surface area (Å²) in [7, 11) is 0. The molecule has 0 aliphatic carbocycles. The van der Waals surface area contributed by atoms with Crippen molar-refractivity contribution in [3.8, 4) is 0 Å². The average molecular weight is 460 g/mol. The normalized spacial score (nSPS) is 20.1. The number of nitrogens with zero attached hydrogens (tertiary/aromatic N) is 2. The molecule has 0 aromatic heterocycles. The Morgan fingerprint density at radius 3 is 2.52 bits per heavy atom. The Labute approximate surface area is 198 Å². The van der Waals surface area contributed by atoms with Crippen molar-refractivity contribution in [2.75, 3.05) is 24.5 Å². The van der Waals surface area contributed by atoms with Crippen molar-refractivity contribution < 1.29 is 9.59 Å². The van der Waals surface area contributed by atoms with Crippen LogP contribution in [0.4, 0.5) is 5.69 Å². The van der Waals surface area contributed by atoms with E-state index in [1.54, 1.807) is 30.3 Å². The zero-order valence-corrected chi connectivity index (χ0v) is 19.1. The molecule has 168 valence electrons. The average Bonchev–Trinajstić information content (AvgIpc) is 3.20. The van der Waals surface area contributed by atoms with Crippen molar-refractivity contribution in [3.05, 3.63) is 100 Å². The van der Waals surface area contributed by atoms with Crippen LogP contribution in [0.15, 0.2) is 72.8 Å². The van der Waals surface area contributed by atoms with Gasteiger partial charge in [0.2, 0.25) is 5.91 Å². The zero-order chi connectivity index (χ0) is 23.0. The molecule has 33 heavy (non-hydrogen) atoms. The van der Waals surface area contributed by atoms with E-state index in [9.17, 15) is 9.59 Å². The first kappa shape index (κ1) is 21.7. The second-order valence-electron chi connectivity index (χ2n) is 9.23. The zero-order valence-electron chi connectivity index (χ0n) is 18.3. The van der Waals surface area contributed by atoms with Gasteiger partial charge in [0.1, 0.15) is 0 Å². The third kappa shape index (κ3) is 4.39. The fourth-order valence-electron chi connectivity index (χ4n) is 5.25. The predicted octanol–water partition coefficient (Wildman–Crippen LogP) is 4.53. The lowest BCUT2D eigenvalue weighted by atomic mass is 9.76. The minimum atomic E-state index is -0.407. The van der Waals surface area contributed by atoms with Gasteiger partial charge < -0.3 is 10.6 Å². The number of likely N-dealkylation sites (tertiary alicyclic amines) is 1. The van der Waals surface area contributed by atoms with Gasteiger partial charge in [0, 0.05) is 46.9 Å². The second-order valence-corrected chi connectivity index (χ2v) is 9.67. The molecule has 2 aliphatic rings. The van der Waals surface area contributed by atoms with Gasteiger partial charge in [-0.1, -0.05) is 41.9 Å². The maximum absolute atomic E-state index is 13.5. The third-order valence-electron chi connectivity index (χ3n) is 6.81. The van der Waals surface area contributed by atoms with Crippen LogP contribution in [0.3, 0.4) is 0 Å². The summed E-state index contributed by atoms with van der Waals surface area (Å²) >= 11 is 6.04. The quantitative estimate of drug-likeness (QED) is 0.623. The van der Waals surface area contributed by atoms with Gasteiger partial charge in [-0.15, -0.1) is 0 Å². The number of anilines is 1. The fourth-order valence-corrected chi connectivity index (χ4v) is 5.38. The van der Waals surface area contributed by atoms with Crippen molar-refractivity contribution in [2.45, 2.75) is 19.4 Å². The summed E-state index contributed by atoms with van der Waals surface area (Å²) in [5.41, 5.74) is 9.91. The van der Waals surface area contributed by atoms with Crippen LogP contribution in [0.25, 0.3) is 0 Å². The van der Waals surface area contributed by atoms with E-state index in [0.717, 1.165) is 43.7 Å². The highest BCUT2D eigenvalue weighted by atomic mass is 35.5. The smallest absolute Gasteiger partial charge is 0.258 e. The third-order valence-corrected chi connectivity index (χ3v) is 7.06. The van der Waals surface area contributed by atoms with Gasteiger partial charge in [-0.2, -0.15) is 0 Å². The standard InChI is InChI=1S/C27H26ClN3O2/c28-23-10-8-20(9-11-23)26(33)31-18-27(15-22-5-1-2-7-24(22)31)12-13-30(17-27)16-19-4-3-6-21(14-19)25(29)32/h1-11,14H,12-13,15-18H2,(H2,29,32). The topological polar surface area (TPSA) is 66.6 Å². The summed E-state index contributed by atoms with van der Waals surface area (Å²) in [4.78, 5) is 29.4. The van der Waals surface area contributed by atoms with E-state index in [0.29, 0.717) is 22.7 Å². The molecule has 5 nitrogen and oxygen atoms in total. The molecule has 2 N–H and O–H groups in total. The van der Waals surface area contributed by atoms with Crippen LogP contribution in [-0.2, 0) is 13.0 Å². The molecular weight excluding hydrogens is 434 g/mol. The minimum absolute atomic E-state index is 0.00225.